The van der Waals surface area contributed by atoms with Crippen LogP contribution in [0.15, 0.2) is 54.6 Å². The molecule has 1 unspecified atom stereocenters. The van der Waals surface area contributed by atoms with Gasteiger partial charge in [0, 0.05) is 23.6 Å². The summed E-state index contributed by atoms with van der Waals surface area (Å²) in [6.45, 7) is 0. The number of hydrogen-bond donors (Lipinski definition) is 1. The number of benzene rings is 2. The summed E-state index contributed by atoms with van der Waals surface area (Å²) in [4.78, 5) is 20.1. The largest absolute Gasteiger partial charge is 0.341 e. The molecule has 0 aromatic heterocycles. The summed E-state index contributed by atoms with van der Waals surface area (Å²) < 4.78 is 12.2. The first-order valence-corrected chi connectivity index (χ1v) is 7.94. The van der Waals surface area contributed by atoms with Crippen molar-refractivity contribution in [3.63, 3.8) is 0 Å². The predicted octanol–water partition coefficient (Wildman–Crippen LogP) is 2.73. The normalized spacial score (nSPS) is 13.7. The molecule has 0 bridgehead atoms. The Balaban J connectivity index is 2.05. The summed E-state index contributed by atoms with van der Waals surface area (Å²) in [5, 5.41) is 11.0. The van der Waals surface area contributed by atoms with E-state index in [1.54, 1.807) is 42.5 Å². The monoisotopic (exact) mass is 291 g/mol. The third kappa shape index (κ3) is 3.53. The van der Waals surface area contributed by atoms with Crippen molar-refractivity contribution < 1.29 is 14.4 Å². The Morgan fingerprint density at radius 3 is 2.20 bits per heavy atom. The van der Waals surface area contributed by atoms with Crippen LogP contribution < -0.4 is 5.30 Å². The van der Waals surface area contributed by atoms with Crippen molar-refractivity contribution in [1.82, 2.24) is 0 Å². The maximum Gasteiger partial charge on any atom is 0.269 e. The number of aryl methyl sites for hydroxylation is 1. The smallest absolute Gasteiger partial charge is 0.269 e. The Labute approximate surface area is 116 Å². The van der Waals surface area contributed by atoms with E-state index >= 15 is 0 Å². The molecule has 104 valence electrons. The summed E-state index contributed by atoms with van der Waals surface area (Å²) in [5.41, 5.74) is 0.824. The molecule has 6 heteroatoms. The summed E-state index contributed by atoms with van der Waals surface area (Å²) in [5.74, 6) is 0. The molecule has 1 N–H and O–H groups in total. The lowest BCUT2D eigenvalue weighted by Gasteiger charge is -2.11. The number of hydrogen-bond acceptors (Lipinski definition) is 3. The topological polar surface area (TPSA) is 80.4 Å². The van der Waals surface area contributed by atoms with E-state index < -0.39 is 12.3 Å². The highest BCUT2D eigenvalue weighted by Gasteiger charge is 2.20. The fraction of sp³-hybridized carbons (Fsp3) is 0.143. The van der Waals surface area contributed by atoms with E-state index in [9.17, 15) is 19.6 Å². The molecule has 0 aliphatic heterocycles. The number of nitro groups is 1. The SMILES string of the molecule is O=[N+]([O-])c1ccc(CCP(=O)(O)c2ccccc2)cc1. The molecule has 0 saturated heterocycles. The molecule has 5 nitrogen and oxygen atoms in total. The third-order valence-corrected chi connectivity index (χ3v) is 4.95. The number of rotatable bonds is 5. The highest BCUT2D eigenvalue weighted by atomic mass is 31.2. The zero-order valence-corrected chi connectivity index (χ0v) is 11.6. The highest BCUT2D eigenvalue weighted by Crippen LogP contribution is 2.39. The van der Waals surface area contributed by atoms with E-state index in [1.165, 1.54) is 12.1 Å². The van der Waals surface area contributed by atoms with Gasteiger partial charge in [-0.2, -0.15) is 0 Å². The fourth-order valence-corrected chi connectivity index (χ4v) is 3.31. The first kappa shape index (κ1) is 14.4. The summed E-state index contributed by atoms with van der Waals surface area (Å²) in [6, 6.07) is 14.5. The van der Waals surface area contributed by atoms with Gasteiger partial charge in [-0.3, -0.25) is 14.7 Å². The number of nitrogens with zero attached hydrogens (tertiary/aromatic N) is 1. The van der Waals surface area contributed by atoms with Crippen LogP contribution in [0.5, 0.6) is 0 Å². The van der Waals surface area contributed by atoms with Crippen LogP contribution in [-0.4, -0.2) is 16.0 Å². The van der Waals surface area contributed by atoms with Crippen LogP contribution in [0.1, 0.15) is 5.56 Å². The third-order valence-electron chi connectivity index (χ3n) is 3.01. The molecular formula is C14H14NO4P. The molecule has 0 aliphatic carbocycles. The van der Waals surface area contributed by atoms with E-state index in [4.69, 9.17) is 0 Å². The lowest BCUT2D eigenvalue weighted by Crippen LogP contribution is -2.08. The molecule has 20 heavy (non-hydrogen) atoms. The average Bonchev–Trinajstić information content (AvgIpc) is 2.46. The van der Waals surface area contributed by atoms with E-state index in [-0.39, 0.29) is 11.8 Å². The average molecular weight is 291 g/mol. The van der Waals surface area contributed by atoms with Crippen molar-refractivity contribution in [3.8, 4) is 0 Å². The number of non-ortho nitro benzene ring substituents is 1. The van der Waals surface area contributed by atoms with E-state index in [0.717, 1.165) is 5.56 Å². The molecule has 0 heterocycles. The molecule has 0 fully saturated rings. The summed E-state index contributed by atoms with van der Waals surface area (Å²) in [6.07, 6.45) is 0.523. The molecule has 2 rings (SSSR count). The zero-order valence-electron chi connectivity index (χ0n) is 10.7. The van der Waals surface area contributed by atoms with Gasteiger partial charge in [0.15, 0.2) is 0 Å². The van der Waals surface area contributed by atoms with Gasteiger partial charge in [-0.25, -0.2) is 0 Å². The molecule has 0 aliphatic rings. The van der Waals surface area contributed by atoms with Crippen LogP contribution in [0.3, 0.4) is 0 Å². The fourth-order valence-electron chi connectivity index (χ4n) is 1.86. The summed E-state index contributed by atoms with van der Waals surface area (Å²) in [7, 11) is -3.38. The van der Waals surface area contributed by atoms with Gasteiger partial charge in [-0.05, 0) is 24.1 Å². The minimum atomic E-state index is -3.38. The van der Waals surface area contributed by atoms with Crippen LogP contribution in [0.4, 0.5) is 5.69 Å². The van der Waals surface area contributed by atoms with Gasteiger partial charge in [0.1, 0.15) is 0 Å². The van der Waals surface area contributed by atoms with Crippen molar-refractivity contribution in [2.75, 3.05) is 6.16 Å². The van der Waals surface area contributed by atoms with Crippen molar-refractivity contribution in [3.05, 3.63) is 70.3 Å². The van der Waals surface area contributed by atoms with Crippen molar-refractivity contribution in [2.45, 2.75) is 6.42 Å². The maximum atomic E-state index is 12.2. The second-order valence-electron chi connectivity index (χ2n) is 4.43. The summed E-state index contributed by atoms with van der Waals surface area (Å²) >= 11 is 0. The Morgan fingerprint density at radius 1 is 1.05 bits per heavy atom. The van der Waals surface area contributed by atoms with Crippen LogP contribution in [0.2, 0.25) is 0 Å². The van der Waals surface area contributed by atoms with Crippen LogP contribution in [0, 0.1) is 10.1 Å². The highest BCUT2D eigenvalue weighted by molar-refractivity contribution is 7.66. The quantitative estimate of drug-likeness (QED) is 0.522. The molecular weight excluding hydrogens is 277 g/mol. The van der Waals surface area contributed by atoms with Gasteiger partial charge in [-0.15, -0.1) is 0 Å². The van der Waals surface area contributed by atoms with Gasteiger partial charge in [0.25, 0.3) is 5.69 Å². The lowest BCUT2D eigenvalue weighted by atomic mass is 10.1. The van der Waals surface area contributed by atoms with Crippen LogP contribution in [-0.2, 0) is 11.0 Å². The van der Waals surface area contributed by atoms with Crippen LogP contribution in [0.25, 0.3) is 0 Å². The van der Waals surface area contributed by atoms with Crippen molar-refractivity contribution >= 4 is 18.4 Å². The first-order valence-electron chi connectivity index (χ1n) is 6.10. The second-order valence-corrected chi connectivity index (χ2v) is 6.80. The maximum absolute atomic E-state index is 12.2. The second kappa shape index (κ2) is 5.99. The molecule has 0 amide bonds. The van der Waals surface area contributed by atoms with Crippen molar-refractivity contribution in [2.24, 2.45) is 0 Å². The standard InChI is InChI=1S/C14H14NO4P/c16-15(17)13-8-6-12(7-9-13)10-11-20(18,19)14-4-2-1-3-5-14/h1-9H,10-11H2,(H,18,19). The molecule has 0 radical (unpaired) electrons. The van der Waals surface area contributed by atoms with Gasteiger partial charge < -0.3 is 4.89 Å². The van der Waals surface area contributed by atoms with E-state index in [1.807, 2.05) is 0 Å². The Hall–Kier alpha value is -1.97. The first-order chi connectivity index (χ1) is 9.49. The Morgan fingerprint density at radius 2 is 1.65 bits per heavy atom. The van der Waals surface area contributed by atoms with E-state index in [0.29, 0.717) is 11.7 Å². The number of nitro benzene ring substituents is 1. The molecule has 2 aromatic carbocycles. The zero-order chi connectivity index (χ0) is 14.6. The minimum absolute atomic E-state index is 0.0176. The predicted molar refractivity (Wildman–Crippen MR) is 77.6 cm³/mol. The van der Waals surface area contributed by atoms with Crippen LogP contribution >= 0.6 is 7.37 Å². The molecule has 0 saturated carbocycles. The van der Waals surface area contributed by atoms with Crippen molar-refractivity contribution in [1.29, 1.82) is 0 Å². The molecule has 0 spiro atoms. The van der Waals surface area contributed by atoms with Gasteiger partial charge in [0.05, 0.1) is 4.92 Å². The van der Waals surface area contributed by atoms with E-state index in [2.05, 4.69) is 0 Å². The molecule has 2 aromatic rings. The lowest BCUT2D eigenvalue weighted by molar-refractivity contribution is -0.384. The minimum Gasteiger partial charge on any atom is -0.341 e. The Kier molecular flexibility index (Phi) is 4.32. The van der Waals surface area contributed by atoms with Gasteiger partial charge in [0.2, 0.25) is 7.37 Å². The Bertz CT molecular complexity index is 640. The van der Waals surface area contributed by atoms with Gasteiger partial charge >= 0.3 is 0 Å². The molecule has 1 atom stereocenters. The van der Waals surface area contributed by atoms with Gasteiger partial charge in [-0.1, -0.05) is 30.3 Å².